The third kappa shape index (κ3) is 4.83. The fourth-order valence-corrected chi connectivity index (χ4v) is 4.34. The minimum absolute atomic E-state index is 0.0615. The van der Waals surface area contributed by atoms with Crippen molar-refractivity contribution in [3.63, 3.8) is 0 Å². The normalized spacial score (nSPS) is 14.6. The first-order chi connectivity index (χ1) is 14.4. The Labute approximate surface area is 180 Å². The van der Waals surface area contributed by atoms with Gasteiger partial charge in [-0.1, -0.05) is 6.07 Å². The molecule has 1 heterocycles. The molecule has 1 aliphatic rings. The van der Waals surface area contributed by atoms with Crippen LogP contribution in [0.1, 0.15) is 56.5 Å². The van der Waals surface area contributed by atoms with E-state index in [2.05, 4.69) is 22.4 Å². The Hall–Kier alpha value is -2.84. The first kappa shape index (κ1) is 21.9. The summed E-state index contributed by atoms with van der Waals surface area (Å²) < 4.78 is 0. The van der Waals surface area contributed by atoms with E-state index in [0.29, 0.717) is 17.2 Å². The van der Waals surface area contributed by atoms with Crippen LogP contribution in [0, 0.1) is 11.3 Å². The monoisotopic (exact) mass is 404 g/mol. The quantitative estimate of drug-likeness (QED) is 0.758. The first-order valence-corrected chi connectivity index (χ1v) is 10.8. The second kappa shape index (κ2) is 9.77. The molecule has 0 aliphatic carbocycles. The van der Waals surface area contributed by atoms with Crippen LogP contribution in [0.25, 0.3) is 0 Å². The molecule has 2 aromatic rings. The van der Waals surface area contributed by atoms with Crippen molar-refractivity contribution < 1.29 is 4.79 Å². The van der Waals surface area contributed by atoms with Crippen molar-refractivity contribution in [3.05, 3.63) is 59.7 Å². The van der Waals surface area contributed by atoms with Gasteiger partial charge in [-0.15, -0.1) is 0 Å². The van der Waals surface area contributed by atoms with Crippen LogP contribution >= 0.6 is 0 Å². The summed E-state index contributed by atoms with van der Waals surface area (Å²) in [5.74, 6) is 0.0615. The Bertz CT molecular complexity index is 884. The highest BCUT2D eigenvalue weighted by atomic mass is 16.2. The molecule has 1 N–H and O–H groups in total. The number of benzene rings is 2. The number of hydrogen-bond donors (Lipinski definition) is 1. The number of anilines is 2. The average Bonchev–Trinajstić information content (AvgIpc) is 2.75. The summed E-state index contributed by atoms with van der Waals surface area (Å²) in [4.78, 5) is 17.3. The van der Waals surface area contributed by atoms with Crippen LogP contribution in [0.4, 0.5) is 11.4 Å². The Kier molecular flexibility index (Phi) is 7.12. The summed E-state index contributed by atoms with van der Waals surface area (Å²) in [6.07, 6.45) is 2.07. The summed E-state index contributed by atoms with van der Waals surface area (Å²) in [7, 11) is 0. The molecule has 5 heteroatoms. The van der Waals surface area contributed by atoms with Crippen molar-refractivity contribution in [3.8, 4) is 6.07 Å². The topological polar surface area (TPSA) is 59.4 Å². The van der Waals surface area contributed by atoms with Gasteiger partial charge < -0.3 is 15.1 Å². The van der Waals surface area contributed by atoms with Gasteiger partial charge in [-0.3, -0.25) is 4.79 Å². The predicted octanol–water partition coefficient (Wildman–Crippen LogP) is 4.71. The first-order valence-electron chi connectivity index (χ1n) is 10.8. The SMILES string of the molecule is CC(C)N(C(=O)c1ccc(N(c2cccc(C#N)c2)C2CCNCC2)cc1)C(C)C. The van der Waals surface area contributed by atoms with E-state index in [9.17, 15) is 10.1 Å². The van der Waals surface area contributed by atoms with Gasteiger partial charge in [-0.2, -0.15) is 5.26 Å². The molecule has 0 bridgehead atoms. The van der Waals surface area contributed by atoms with Crippen molar-refractivity contribution in [2.24, 2.45) is 0 Å². The lowest BCUT2D eigenvalue weighted by molar-refractivity contribution is 0.0644. The second-order valence-corrected chi connectivity index (χ2v) is 8.46. The van der Waals surface area contributed by atoms with Gasteiger partial charge in [-0.05, 0) is 96.1 Å². The van der Waals surface area contributed by atoms with Crippen LogP contribution in [0.15, 0.2) is 48.5 Å². The lowest BCUT2D eigenvalue weighted by Crippen LogP contribution is -2.42. The third-order valence-corrected chi connectivity index (χ3v) is 5.67. The van der Waals surface area contributed by atoms with E-state index >= 15 is 0 Å². The van der Waals surface area contributed by atoms with Crippen LogP contribution in [-0.4, -0.2) is 42.0 Å². The summed E-state index contributed by atoms with van der Waals surface area (Å²) in [6, 6.07) is 18.6. The maximum atomic E-state index is 13.0. The summed E-state index contributed by atoms with van der Waals surface area (Å²) in [5.41, 5.74) is 3.43. The third-order valence-electron chi connectivity index (χ3n) is 5.67. The maximum absolute atomic E-state index is 13.0. The standard InChI is InChI=1S/C25H32N4O/c1-18(2)28(19(3)4)25(30)21-8-10-22(11-9-21)29(23-12-14-27-15-13-23)24-7-5-6-20(16-24)17-26/h5-11,16,18-19,23,27H,12-15H2,1-4H3. The molecule has 1 amide bonds. The van der Waals surface area contributed by atoms with Crippen LogP contribution < -0.4 is 10.2 Å². The van der Waals surface area contributed by atoms with Crippen molar-refractivity contribution >= 4 is 17.3 Å². The molecule has 0 unspecified atom stereocenters. The highest BCUT2D eigenvalue weighted by Gasteiger charge is 2.25. The molecule has 0 atom stereocenters. The smallest absolute Gasteiger partial charge is 0.254 e. The molecule has 1 fully saturated rings. The molecule has 30 heavy (non-hydrogen) atoms. The summed E-state index contributed by atoms with van der Waals surface area (Å²) in [6.45, 7) is 10.2. The molecule has 1 saturated heterocycles. The minimum atomic E-state index is 0.0615. The van der Waals surface area contributed by atoms with Crippen LogP contribution in [0.2, 0.25) is 0 Å². The van der Waals surface area contributed by atoms with Gasteiger partial charge in [0.25, 0.3) is 5.91 Å². The van der Waals surface area contributed by atoms with E-state index < -0.39 is 0 Å². The fourth-order valence-electron chi connectivity index (χ4n) is 4.34. The van der Waals surface area contributed by atoms with E-state index in [1.54, 1.807) is 0 Å². The summed E-state index contributed by atoms with van der Waals surface area (Å²) in [5, 5.41) is 12.8. The molecule has 0 spiro atoms. The Morgan fingerprint density at radius 3 is 2.20 bits per heavy atom. The number of carbonyl (C=O) groups excluding carboxylic acids is 1. The van der Waals surface area contributed by atoms with Gasteiger partial charge in [0.05, 0.1) is 11.6 Å². The number of amides is 1. The largest absolute Gasteiger partial charge is 0.338 e. The van der Waals surface area contributed by atoms with Gasteiger partial charge in [-0.25, -0.2) is 0 Å². The number of nitrogens with one attached hydrogen (secondary N) is 1. The summed E-state index contributed by atoms with van der Waals surface area (Å²) >= 11 is 0. The van der Waals surface area contributed by atoms with Gasteiger partial charge in [0.1, 0.15) is 0 Å². The minimum Gasteiger partial charge on any atom is -0.338 e. The Balaban J connectivity index is 1.94. The lowest BCUT2D eigenvalue weighted by Gasteiger charge is -2.37. The zero-order chi connectivity index (χ0) is 21.7. The van der Waals surface area contributed by atoms with Crippen molar-refractivity contribution in [2.45, 2.75) is 58.7 Å². The number of piperidine rings is 1. The Morgan fingerprint density at radius 2 is 1.63 bits per heavy atom. The van der Waals surface area contributed by atoms with Gasteiger partial charge in [0, 0.05) is 35.1 Å². The van der Waals surface area contributed by atoms with Gasteiger partial charge in [0.2, 0.25) is 0 Å². The van der Waals surface area contributed by atoms with Gasteiger partial charge in [0.15, 0.2) is 0 Å². The maximum Gasteiger partial charge on any atom is 0.254 e. The molecule has 158 valence electrons. The van der Waals surface area contributed by atoms with Crippen molar-refractivity contribution in [1.29, 1.82) is 5.26 Å². The molecule has 1 aliphatic heterocycles. The van der Waals surface area contributed by atoms with E-state index in [1.807, 2.05) is 75.1 Å². The average molecular weight is 405 g/mol. The highest BCUT2D eigenvalue weighted by Crippen LogP contribution is 2.32. The molecular weight excluding hydrogens is 372 g/mol. The number of nitrogens with zero attached hydrogens (tertiary/aromatic N) is 3. The van der Waals surface area contributed by atoms with Gasteiger partial charge >= 0.3 is 0 Å². The van der Waals surface area contributed by atoms with E-state index in [-0.39, 0.29) is 18.0 Å². The van der Waals surface area contributed by atoms with Crippen molar-refractivity contribution in [2.75, 3.05) is 18.0 Å². The fraction of sp³-hybridized carbons (Fsp3) is 0.440. The molecule has 3 rings (SSSR count). The van der Waals surface area contributed by atoms with Crippen LogP contribution in [0.5, 0.6) is 0 Å². The number of rotatable bonds is 6. The molecule has 5 nitrogen and oxygen atoms in total. The molecule has 2 aromatic carbocycles. The van der Waals surface area contributed by atoms with Crippen molar-refractivity contribution in [1.82, 2.24) is 10.2 Å². The number of nitriles is 1. The number of hydrogen-bond acceptors (Lipinski definition) is 4. The number of carbonyl (C=O) groups is 1. The predicted molar refractivity (Wildman–Crippen MR) is 122 cm³/mol. The molecular formula is C25H32N4O. The van der Waals surface area contributed by atoms with Crippen LogP contribution in [-0.2, 0) is 0 Å². The molecule has 0 aromatic heterocycles. The Morgan fingerprint density at radius 1 is 1.00 bits per heavy atom. The lowest BCUT2D eigenvalue weighted by atomic mass is 10.0. The zero-order valence-corrected chi connectivity index (χ0v) is 18.4. The van der Waals surface area contributed by atoms with E-state index in [0.717, 1.165) is 37.3 Å². The van der Waals surface area contributed by atoms with E-state index in [1.165, 1.54) is 0 Å². The highest BCUT2D eigenvalue weighted by molar-refractivity contribution is 5.95. The molecule has 0 radical (unpaired) electrons. The second-order valence-electron chi connectivity index (χ2n) is 8.46. The zero-order valence-electron chi connectivity index (χ0n) is 18.4. The van der Waals surface area contributed by atoms with E-state index in [4.69, 9.17) is 0 Å². The molecule has 0 saturated carbocycles. The van der Waals surface area contributed by atoms with Crippen LogP contribution in [0.3, 0.4) is 0 Å².